The van der Waals surface area contributed by atoms with Crippen molar-refractivity contribution in [3.8, 4) is 5.75 Å². The van der Waals surface area contributed by atoms with E-state index >= 15 is 0 Å². The lowest BCUT2D eigenvalue weighted by Gasteiger charge is -2.23. The van der Waals surface area contributed by atoms with Crippen molar-refractivity contribution < 1.29 is 28.2 Å². The molecule has 0 aliphatic carbocycles. The fraction of sp³-hybridized carbons (Fsp3) is 0.115. The summed E-state index contributed by atoms with van der Waals surface area (Å²) >= 11 is 1.14. The average molecular weight is 493 g/mol. The number of hydrogen-bond acceptors (Lipinski definition) is 6. The Morgan fingerprint density at radius 2 is 1.83 bits per heavy atom. The molecule has 6 nitrogen and oxygen atoms in total. The van der Waals surface area contributed by atoms with Gasteiger partial charge in [0.05, 0.1) is 22.4 Å². The number of benzene rings is 3. The van der Waals surface area contributed by atoms with Crippen LogP contribution in [0.4, 0.5) is 13.9 Å². The maximum absolute atomic E-state index is 15.0. The van der Waals surface area contributed by atoms with E-state index < -0.39 is 35.1 Å². The number of ether oxygens (including phenoxy) is 1. The van der Waals surface area contributed by atoms with Gasteiger partial charge in [0.15, 0.2) is 5.13 Å². The van der Waals surface area contributed by atoms with E-state index in [0.717, 1.165) is 28.4 Å². The molecule has 4 aromatic rings. The molecule has 1 saturated heterocycles. The summed E-state index contributed by atoms with van der Waals surface area (Å²) in [5, 5.41) is 11.2. The average Bonchev–Trinajstić information content (AvgIpc) is 3.37. The fourth-order valence-electron chi connectivity index (χ4n) is 4.04. The van der Waals surface area contributed by atoms with Gasteiger partial charge in [-0.25, -0.2) is 13.8 Å². The van der Waals surface area contributed by atoms with Gasteiger partial charge in [0.1, 0.15) is 29.2 Å². The van der Waals surface area contributed by atoms with Gasteiger partial charge in [-0.1, -0.05) is 29.5 Å². The smallest absolute Gasteiger partial charge is 0.301 e. The summed E-state index contributed by atoms with van der Waals surface area (Å²) in [5.74, 6) is -3.04. The van der Waals surface area contributed by atoms with Gasteiger partial charge in [-0.15, -0.1) is 0 Å². The highest BCUT2D eigenvalue weighted by Gasteiger charge is 2.49. The number of Topliss-reactive ketones (excluding diaryl/α,β-unsaturated/α-hetero) is 1. The summed E-state index contributed by atoms with van der Waals surface area (Å²) in [6.45, 7) is 2.33. The number of aliphatic hydroxyl groups excluding tert-OH is 1. The third-order valence-electron chi connectivity index (χ3n) is 5.63. The second-order valence-corrected chi connectivity index (χ2v) is 8.77. The molecule has 0 unspecified atom stereocenters. The van der Waals surface area contributed by atoms with Crippen LogP contribution in [0, 0.1) is 11.6 Å². The largest absolute Gasteiger partial charge is 0.507 e. The predicted molar refractivity (Wildman–Crippen MR) is 128 cm³/mol. The Labute approximate surface area is 202 Å². The molecular weight excluding hydrogens is 474 g/mol. The van der Waals surface area contributed by atoms with Crippen LogP contribution >= 0.6 is 11.3 Å². The number of fused-ring (bicyclic) bond motifs is 1. The highest BCUT2D eigenvalue weighted by Crippen LogP contribution is 2.45. The Morgan fingerprint density at radius 3 is 2.54 bits per heavy atom. The Balaban J connectivity index is 1.71. The Hall–Kier alpha value is -4.11. The molecule has 9 heteroatoms. The zero-order valence-electron chi connectivity index (χ0n) is 18.4. The van der Waals surface area contributed by atoms with E-state index in [9.17, 15) is 23.5 Å². The van der Waals surface area contributed by atoms with Crippen LogP contribution in [0.3, 0.4) is 0 Å². The van der Waals surface area contributed by atoms with Crippen LogP contribution in [-0.4, -0.2) is 28.4 Å². The Morgan fingerprint density at radius 1 is 1.09 bits per heavy atom. The van der Waals surface area contributed by atoms with Crippen LogP contribution in [-0.2, 0) is 9.59 Å². The first-order valence-electron chi connectivity index (χ1n) is 10.7. The van der Waals surface area contributed by atoms with E-state index in [1.807, 2.05) is 6.92 Å². The molecule has 176 valence electrons. The molecular formula is C26H18F2N2O4S. The van der Waals surface area contributed by atoms with Gasteiger partial charge in [0.2, 0.25) is 0 Å². The number of thiazole rings is 1. The van der Waals surface area contributed by atoms with Crippen LogP contribution in [0.1, 0.15) is 24.1 Å². The molecule has 2 heterocycles. The summed E-state index contributed by atoms with van der Waals surface area (Å²) < 4.78 is 34.6. The van der Waals surface area contributed by atoms with Crippen LogP contribution in [0.5, 0.6) is 5.75 Å². The molecule has 0 radical (unpaired) electrons. The zero-order valence-corrected chi connectivity index (χ0v) is 19.2. The SMILES string of the molecule is CCOc1ccc2nc(N3C(=O)C(=O)C(=C(O)c4ccc(F)cc4)[C@H]3c3ccccc3F)sc2c1. The minimum absolute atomic E-state index is 0.0182. The molecule has 1 atom stereocenters. The minimum atomic E-state index is -1.27. The quantitative estimate of drug-likeness (QED) is 0.223. The molecule has 1 aromatic heterocycles. The highest BCUT2D eigenvalue weighted by molar-refractivity contribution is 7.22. The lowest BCUT2D eigenvalue weighted by molar-refractivity contribution is -0.132. The maximum atomic E-state index is 15.0. The molecule has 5 rings (SSSR count). The van der Waals surface area contributed by atoms with Gasteiger partial charge in [-0.05, 0) is 55.5 Å². The Bertz CT molecular complexity index is 1500. The molecule has 1 fully saturated rings. The number of amides is 1. The van der Waals surface area contributed by atoms with Crippen molar-refractivity contribution in [1.29, 1.82) is 0 Å². The van der Waals surface area contributed by atoms with Crippen molar-refractivity contribution >= 4 is 44.1 Å². The first-order chi connectivity index (χ1) is 16.9. The highest BCUT2D eigenvalue weighted by atomic mass is 32.1. The predicted octanol–water partition coefficient (Wildman–Crippen LogP) is 5.60. The molecule has 0 saturated carbocycles. The molecule has 0 spiro atoms. The summed E-state index contributed by atoms with van der Waals surface area (Å²) in [6, 6.07) is 14.5. The van der Waals surface area contributed by atoms with Crippen molar-refractivity contribution in [2.24, 2.45) is 0 Å². The van der Waals surface area contributed by atoms with Gasteiger partial charge in [0.25, 0.3) is 5.78 Å². The number of nitrogens with zero attached hydrogens (tertiary/aromatic N) is 2. The van der Waals surface area contributed by atoms with Gasteiger partial charge in [0, 0.05) is 11.1 Å². The van der Waals surface area contributed by atoms with Crippen LogP contribution in [0.2, 0.25) is 0 Å². The second kappa shape index (κ2) is 8.92. The van der Waals surface area contributed by atoms with E-state index in [4.69, 9.17) is 4.74 Å². The van der Waals surface area contributed by atoms with Crippen LogP contribution in [0.25, 0.3) is 16.0 Å². The van der Waals surface area contributed by atoms with E-state index in [1.54, 1.807) is 24.3 Å². The van der Waals surface area contributed by atoms with Crippen LogP contribution in [0.15, 0.2) is 72.3 Å². The van der Waals surface area contributed by atoms with E-state index in [0.29, 0.717) is 22.6 Å². The molecule has 1 N–H and O–H groups in total. The molecule has 1 aliphatic heterocycles. The number of aliphatic hydroxyl groups is 1. The number of ketones is 1. The summed E-state index contributed by atoms with van der Waals surface area (Å²) in [7, 11) is 0. The van der Waals surface area contributed by atoms with Crippen molar-refractivity contribution in [3.63, 3.8) is 0 Å². The molecule has 1 aliphatic rings. The second-order valence-electron chi connectivity index (χ2n) is 7.76. The monoisotopic (exact) mass is 492 g/mol. The van der Waals surface area contributed by atoms with Gasteiger partial charge >= 0.3 is 5.91 Å². The van der Waals surface area contributed by atoms with E-state index in [2.05, 4.69) is 4.98 Å². The van der Waals surface area contributed by atoms with Gasteiger partial charge < -0.3 is 9.84 Å². The Kier molecular flexibility index (Phi) is 5.78. The summed E-state index contributed by atoms with van der Waals surface area (Å²) in [4.78, 5) is 32.0. The molecule has 0 bridgehead atoms. The fourth-order valence-corrected chi connectivity index (χ4v) is 5.06. The number of aromatic nitrogens is 1. The summed E-state index contributed by atoms with van der Waals surface area (Å²) in [6.07, 6.45) is 0. The summed E-state index contributed by atoms with van der Waals surface area (Å²) in [5.41, 5.74) is 0.406. The van der Waals surface area contributed by atoms with Crippen molar-refractivity contribution in [1.82, 2.24) is 4.98 Å². The van der Waals surface area contributed by atoms with E-state index in [-0.39, 0.29) is 21.8 Å². The first kappa shape index (κ1) is 22.7. The number of anilines is 1. The normalized spacial score (nSPS) is 17.3. The molecule has 3 aromatic carbocycles. The number of hydrogen-bond donors (Lipinski definition) is 1. The van der Waals surface area contributed by atoms with E-state index in [1.165, 1.54) is 30.3 Å². The van der Waals surface area contributed by atoms with Gasteiger partial charge in [-0.2, -0.15) is 0 Å². The number of rotatable bonds is 5. The van der Waals surface area contributed by atoms with Crippen molar-refractivity contribution in [2.75, 3.05) is 11.5 Å². The number of carbonyl (C=O) groups is 2. The minimum Gasteiger partial charge on any atom is -0.507 e. The third kappa shape index (κ3) is 3.93. The number of carbonyl (C=O) groups excluding carboxylic acids is 2. The number of halogens is 2. The lowest BCUT2D eigenvalue weighted by Crippen LogP contribution is -2.29. The van der Waals surface area contributed by atoms with Gasteiger partial charge in [-0.3, -0.25) is 14.5 Å². The zero-order chi connectivity index (χ0) is 24.7. The molecule has 1 amide bonds. The molecule has 35 heavy (non-hydrogen) atoms. The third-order valence-corrected chi connectivity index (χ3v) is 6.65. The van der Waals surface area contributed by atoms with Crippen LogP contribution < -0.4 is 9.64 Å². The van der Waals surface area contributed by atoms with Crippen molar-refractivity contribution in [3.05, 3.63) is 95.1 Å². The first-order valence-corrected chi connectivity index (χ1v) is 11.6. The lowest BCUT2D eigenvalue weighted by atomic mass is 9.95. The van der Waals surface area contributed by atoms with Crippen molar-refractivity contribution in [2.45, 2.75) is 13.0 Å². The standard InChI is InChI=1S/C26H18F2N2O4S/c1-2-34-16-11-12-19-20(13-16)35-26(29-19)30-22(17-5-3-4-6-18(17)28)21(24(32)25(30)33)23(31)14-7-9-15(27)10-8-14/h3-13,22,31H,2H2,1H3/t22-/m1/s1. The topological polar surface area (TPSA) is 79.7 Å². The maximum Gasteiger partial charge on any atom is 0.301 e.